The first kappa shape index (κ1) is 7.98. The number of aromatic nitrogens is 2. The average Bonchev–Trinajstić information content (AvgIpc) is 2.55. The van der Waals surface area contributed by atoms with E-state index in [1.807, 2.05) is 30.9 Å². The van der Waals surface area contributed by atoms with Gasteiger partial charge in [0.15, 0.2) is 0 Å². The third-order valence-electron chi connectivity index (χ3n) is 1.42. The molecule has 0 fully saturated rings. The van der Waals surface area contributed by atoms with Crippen LogP contribution >= 0.6 is 0 Å². The molecule has 0 aromatic carbocycles. The maximum absolute atomic E-state index is 4.13. The van der Waals surface area contributed by atoms with Crippen molar-refractivity contribution in [1.82, 2.24) is 9.55 Å². The molecule has 3 heteroatoms. The molecule has 0 atom stereocenters. The molecule has 2 rings (SSSR count). The lowest BCUT2D eigenvalue weighted by Crippen LogP contribution is -2.09. The van der Waals surface area contributed by atoms with Crippen LogP contribution in [0, 0.1) is 0 Å². The lowest BCUT2D eigenvalue weighted by atomic mass is 10.4. The van der Waals surface area contributed by atoms with E-state index >= 15 is 0 Å². The molecule has 60 valence electrons. The fourth-order valence-electron chi connectivity index (χ4n) is 0.953. The predicted molar refractivity (Wildman–Crippen MR) is 46.0 cm³/mol. The van der Waals surface area contributed by atoms with Crippen molar-refractivity contribution in [3.63, 3.8) is 0 Å². The summed E-state index contributed by atoms with van der Waals surface area (Å²) in [6, 6.07) is 0. The summed E-state index contributed by atoms with van der Waals surface area (Å²) in [5, 5.41) is 0. The zero-order chi connectivity index (χ0) is 8.10. The Balaban J connectivity index is 0.000000281. The fourth-order valence-corrected chi connectivity index (χ4v) is 0.953. The van der Waals surface area contributed by atoms with Crippen LogP contribution in [0.25, 0.3) is 0 Å². The Morgan fingerprint density at radius 2 is 2.27 bits per heavy atom. The molecule has 0 saturated heterocycles. The lowest BCUT2D eigenvalue weighted by Gasteiger charge is -2.03. The number of hydrogen-bond donors (Lipinski definition) is 0. The van der Waals surface area contributed by atoms with Gasteiger partial charge in [0, 0.05) is 25.4 Å². The first-order valence-electron chi connectivity index (χ1n) is 3.98. The van der Waals surface area contributed by atoms with Gasteiger partial charge in [0.25, 0.3) is 0 Å². The highest BCUT2D eigenvalue weighted by Crippen LogP contribution is 1.99. The van der Waals surface area contributed by atoms with E-state index in [4.69, 9.17) is 0 Å². The molecule has 0 N–H and O–H groups in total. The van der Waals surface area contributed by atoms with Crippen molar-refractivity contribution in [3.8, 4) is 0 Å². The minimum atomic E-state index is 0.886. The van der Waals surface area contributed by atoms with Gasteiger partial charge in [0.2, 0.25) is 0 Å². The second kappa shape index (κ2) is 3.91. The monoisotopic (exact) mass is 151 g/mol. The van der Waals surface area contributed by atoms with E-state index < -0.39 is 0 Å². The molecule has 0 spiro atoms. The summed E-state index contributed by atoms with van der Waals surface area (Å²) < 4.78 is 1.95. The summed E-state index contributed by atoms with van der Waals surface area (Å²) in [4.78, 5) is 8.22. The van der Waals surface area contributed by atoms with Gasteiger partial charge in [-0.1, -0.05) is 13.8 Å². The molecular weight excluding hydrogens is 138 g/mol. The van der Waals surface area contributed by atoms with Crippen molar-refractivity contribution in [2.75, 3.05) is 6.54 Å². The standard InChI is InChI=1S/C6H7N3.C2H6/c1-2-7-5-9-4-3-8-6(1)9;1-2/h3-5H,1-2H2;1-2H3. The zero-order valence-corrected chi connectivity index (χ0v) is 6.99. The first-order valence-corrected chi connectivity index (χ1v) is 3.98. The van der Waals surface area contributed by atoms with Gasteiger partial charge in [-0.2, -0.15) is 0 Å². The lowest BCUT2D eigenvalue weighted by molar-refractivity contribution is 0.827. The summed E-state index contributed by atoms with van der Waals surface area (Å²) in [6.45, 7) is 4.89. The van der Waals surface area contributed by atoms with E-state index in [2.05, 4.69) is 9.98 Å². The Labute approximate surface area is 66.8 Å². The van der Waals surface area contributed by atoms with Gasteiger partial charge in [-0.15, -0.1) is 0 Å². The Kier molecular flexibility index (Phi) is 2.83. The molecular formula is C8H13N3. The summed E-state index contributed by atoms with van der Waals surface area (Å²) >= 11 is 0. The second-order valence-electron chi connectivity index (χ2n) is 2.02. The van der Waals surface area contributed by atoms with Crippen LogP contribution in [0.3, 0.4) is 0 Å². The second-order valence-corrected chi connectivity index (χ2v) is 2.02. The van der Waals surface area contributed by atoms with Crippen LogP contribution < -0.4 is 0 Å². The molecule has 1 aliphatic heterocycles. The number of nitrogens with zero attached hydrogens (tertiary/aromatic N) is 3. The Morgan fingerprint density at radius 1 is 1.45 bits per heavy atom. The van der Waals surface area contributed by atoms with Crippen molar-refractivity contribution in [1.29, 1.82) is 0 Å². The summed E-state index contributed by atoms with van der Waals surface area (Å²) in [5.74, 6) is 1.12. The van der Waals surface area contributed by atoms with Crippen LogP contribution in [0.15, 0.2) is 17.4 Å². The quantitative estimate of drug-likeness (QED) is 0.550. The maximum Gasteiger partial charge on any atom is 0.115 e. The number of hydrogen-bond acceptors (Lipinski definition) is 2. The van der Waals surface area contributed by atoms with Crippen LogP contribution in [0.4, 0.5) is 0 Å². The van der Waals surface area contributed by atoms with E-state index in [1.54, 1.807) is 6.20 Å². The topological polar surface area (TPSA) is 30.2 Å². The highest BCUT2D eigenvalue weighted by Gasteiger charge is 2.02. The van der Waals surface area contributed by atoms with Gasteiger partial charge in [0.05, 0.1) is 6.34 Å². The summed E-state index contributed by atoms with van der Waals surface area (Å²) in [7, 11) is 0. The highest BCUT2D eigenvalue weighted by atomic mass is 15.1. The smallest absolute Gasteiger partial charge is 0.115 e. The molecule has 3 nitrogen and oxygen atoms in total. The van der Waals surface area contributed by atoms with E-state index in [1.165, 1.54) is 0 Å². The fraction of sp³-hybridized carbons (Fsp3) is 0.500. The number of rotatable bonds is 0. The van der Waals surface area contributed by atoms with Gasteiger partial charge < -0.3 is 0 Å². The van der Waals surface area contributed by atoms with Crippen molar-refractivity contribution >= 4 is 6.34 Å². The van der Waals surface area contributed by atoms with Crippen LogP contribution in [0.2, 0.25) is 0 Å². The van der Waals surface area contributed by atoms with Gasteiger partial charge in [-0.25, -0.2) is 4.98 Å². The first-order chi connectivity index (χ1) is 5.47. The van der Waals surface area contributed by atoms with E-state index in [0.29, 0.717) is 0 Å². The molecule has 0 aliphatic carbocycles. The van der Waals surface area contributed by atoms with Gasteiger partial charge in [-0.3, -0.25) is 9.56 Å². The van der Waals surface area contributed by atoms with Crippen molar-refractivity contribution in [2.24, 2.45) is 4.99 Å². The average molecular weight is 151 g/mol. The molecule has 0 unspecified atom stereocenters. The Morgan fingerprint density at radius 3 is 3.00 bits per heavy atom. The van der Waals surface area contributed by atoms with Crippen LogP contribution in [-0.2, 0) is 6.42 Å². The molecule has 0 radical (unpaired) electrons. The SMILES string of the molecule is C1=NCCc2nccn21.CC. The molecule has 2 heterocycles. The number of fused-ring (bicyclic) bond motifs is 1. The predicted octanol–water partition coefficient (Wildman–Crippen LogP) is 1.34. The largest absolute Gasteiger partial charge is 0.294 e. The highest BCUT2D eigenvalue weighted by molar-refractivity contribution is 5.60. The minimum Gasteiger partial charge on any atom is -0.294 e. The third-order valence-corrected chi connectivity index (χ3v) is 1.42. The number of aliphatic imine (C=N–C) groups is 1. The Hall–Kier alpha value is -1.12. The minimum absolute atomic E-state index is 0.886. The molecule has 0 amide bonds. The Bertz CT molecular complexity index is 237. The number of imidazole rings is 1. The molecule has 11 heavy (non-hydrogen) atoms. The third kappa shape index (κ3) is 1.67. The van der Waals surface area contributed by atoms with Gasteiger partial charge in [-0.05, 0) is 0 Å². The maximum atomic E-state index is 4.13. The molecule has 1 aromatic heterocycles. The normalized spacial score (nSPS) is 13.3. The zero-order valence-electron chi connectivity index (χ0n) is 6.99. The van der Waals surface area contributed by atoms with E-state index in [-0.39, 0.29) is 0 Å². The van der Waals surface area contributed by atoms with E-state index in [9.17, 15) is 0 Å². The van der Waals surface area contributed by atoms with Gasteiger partial charge >= 0.3 is 0 Å². The summed E-state index contributed by atoms with van der Waals surface area (Å²) in [6.07, 6.45) is 6.50. The summed E-state index contributed by atoms with van der Waals surface area (Å²) in [5.41, 5.74) is 0. The van der Waals surface area contributed by atoms with Gasteiger partial charge in [0.1, 0.15) is 5.82 Å². The van der Waals surface area contributed by atoms with Crippen LogP contribution in [0.5, 0.6) is 0 Å². The van der Waals surface area contributed by atoms with Crippen molar-refractivity contribution in [3.05, 3.63) is 18.2 Å². The van der Waals surface area contributed by atoms with Crippen LogP contribution in [-0.4, -0.2) is 22.4 Å². The molecule has 0 bridgehead atoms. The molecule has 1 aliphatic rings. The van der Waals surface area contributed by atoms with E-state index in [0.717, 1.165) is 18.8 Å². The molecule has 1 aromatic rings. The van der Waals surface area contributed by atoms with Crippen LogP contribution in [0.1, 0.15) is 19.7 Å². The molecule has 0 saturated carbocycles. The van der Waals surface area contributed by atoms with Crippen molar-refractivity contribution < 1.29 is 0 Å². The van der Waals surface area contributed by atoms with Crippen molar-refractivity contribution in [2.45, 2.75) is 20.3 Å².